The molecule has 1 saturated carbocycles. The van der Waals surface area contributed by atoms with Crippen LogP contribution in [0.4, 0.5) is 5.82 Å². The van der Waals surface area contributed by atoms with Gasteiger partial charge in [0.05, 0.1) is 36.4 Å². The van der Waals surface area contributed by atoms with Crippen LogP contribution in [0.15, 0.2) is 36.8 Å². The first-order chi connectivity index (χ1) is 18.6. The Hall–Kier alpha value is -2.49. The van der Waals surface area contributed by atoms with Gasteiger partial charge < -0.3 is 20.3 Å². The molecule has 5 N–H and O–H groups in total. The molecule has 1 aliphatic heterocycles. The van der Waals surface area contributed by atoms with E-state index in [1.807, 2.05) is 18.2 Å². The van der Waals surface area contributed by atoms with E-state index in [1.165, 1.54) is 23.9 Å². The van der Waals surface area contributed by atoms with Crippen LogP contribution >= 0.6 is 22.9 Å². The van der Waals surface area contributed by atoms with Gasteiger partial charge in [-0.05, 0) is 48.6 Å². The summed E-state index contributed by atoms with van der Waals surface area (Å²) < 4.78 is 33.0. The van der Waals surface area contributed by atoms with Crippen LogP contribution in [-0.2, 0) is 32.3 Å². The molecule has 0 spiro atoms. The number of nitrogens with two attached hydrogens (primary N) is 1. The van der Waals surface area contributed by atoms with Crippen LogP contribution in [0.2, 0.25) is 5.02 Å². The first-order valence-corrected chi connectivity index (χ1v) is 14.9. The Morgan fingerprint density at radius 1 is 1.28 bits per heavy atom. The summed E-state index contributed by atoms with van der Waals surface area (Å²) >= 11 is 7.42. The van der Waals surface area contributed by atoms with Crippen molar-refractivity contribution >= 4 is 44.8 Å². The highest BCUT2D eigenvalue weighted by molar-refractivity contribution is 7.84. The second-order valence-electron chi connectivity index (χ2n) is 9.52. The van der Waals surface area contributed by atoms with Gasteiger partial charge in [-0.3, -0.25) is 8.98 Å². The maximum atomic E-state index is 13.6. The molecule has 11 nitrogen and oxygen atoms in total. The van der Waals surface area contributed by atoms with Crippen LogP contribution in [0.1, 0.15) is 55.7 Å². The highest BCUT2D eigenvalue weighted by atomic mass is 35.5. The highest BCUT2D eigenvalue weighted by Gasteiger charge is 2.35. The van der Waals surface area contributed by atoms with E-state index in [4.69, 9.17) is 21.5 Å². The number of ketones is 1. The minimum absolute atomic E-state index is 0.224. The lowest BCUT2D eigenvalue weighted by atomic mass is 9.93. The lowest BCUT2D eigenvalue weighted by Gasteiger charge is -2.26. The zero-order valence-electron chi connectivity index (χ0n) is 20.6. The molecule has 1 fully saturated rings. The van der Waals surface area contributed by atoms with Gasteiger partial charge >= 0.3 is 10.3 Å². The fourth-order valence-electron chi connectivity index (χ4n) is 5.09. The number of ether oxygens (including phenoxy) is 1. The van der Waals surface area contributed by atoms with Gasteiger partial charge in [-0.1, -0.05) is 17.7 Å². The maximum Gasteiger partial charge on any atom is 0.333 e. The van der Waals surface area contributed by atoms with Crippen LogP contribution in [0.25, 0.3) is 0 Å². The second-order valence-corrected chi connectivity index (χ2v) is 12.3. The maximum absolute atomic E-state index is 13.6. The number of anilines is 1. The van der Waals surface area contributed by atoms with E-state index in [0.717, 1.165) is 17.5 Å². The van der Waals surface area contributed by atoms with Crippen molar-refractivity contribution in [1.82, 2.24) is 9.97 Å². The smallest absolute Gasteiger partial charge is 0.333 e. The zero-order valence-corrected chi connectivity index (χ0v) is 23.0. The Labute approximate surface area is 234 Å². The van der Waals surface area contributed by atoms with E-state index in [9.17, 15) is 23.4 Å². The van der Waals surface area contributed by atoms with E-state index >= 15 is 0 Å². The van der Waals surface area contributed by atoms with Gasteiger partial charge in [0.15, 0.2) is 0 Å². The van der Waals surface area contributed by atoms with Gasteiger partial charge in [-0.25, -0.2) is 15.1 Å². The number of halogens is 1. The molecule has 3 aromatic rings. The molecule has 4 atom stereocenters. The van der Waals surface area contributed by atoms with E-state index in [1.54, 1.807) is 6.07 Å². The van der Waals surface area contributed by atoms with Crippen molar-refractivity contribution in [2.45, 2.75) is 44.1 Å². The molecule has 2 aromatic heterocycles. The molecular formula is C25H27ClN4O7S2. The monoisotopic (exact) mass is 594 g/mol. The van der Waals surface area contributed by atoms with Crippen molar-refractivity contribution in [2.24, 2.45) is 11.1 Å². The molecule has 0 bridgehead atoms. The number of hydrogen-bond donors (Lipinski definition) is 4. The van der Waals surface area contributed by atoms with Gasteiger partial charge in [0.2, 0.25) is 5.78 Å². The molecule has 0 radical (unpaired) electrons. The molecule has 2 unspecified atom stereocenters. The molecule has 39 heavy (non-hydrogen) atoms. The highest BCUT2D eigenvalue weighted by Crippen LogP contribution is 2.40. The zero-order chi connectivity index (χ0) is 27.7. The van der Waals surface area contributed by atoms with Crippen LogP contribution in [-0.4, -0.2) is 59.7 Å². The number of rotatable bonds is 9. The van der Waals surface area contributed by atoms with Crippen molar-refractivity contribution in [3.63, 3.8) is 0 Å². The Morgan fingerprint density at radius 3 is 2.87 bits per heavy atom. The third-order valence-electron chi connectivity index (χ3n) is 6.94. The van der Waals surface area contributed by atoms with E-state index in [-0.39, 0.29) is 36.4 Å². The number of aromatic nitrogens is 2. The SMILES string of the molecule is NS(=O)(=O)OCC1C[C@@H](Nc2ncncc2C(=O)c2cc(C3OCCc4ccc(Cl)cc43)c(CO)s2)C[C@@H]1O. The summed E-state index contributed by atoms with van der Waals surface area (Å²) in [5.74, 6) is -0.508. The molecule has 5 rings (SSSR count). The number of hydrogen-bond acceptors (Lipinski definition) is 11. The molecule has 0 amide bonds. The van der Waals surface area contributed by atoms with Crippen molar-refractivity contribution in [1.29, 1.82) is 0 Å². The number of nitrogens with zero attached hydrogens (tertiary/aromatic N) is 2. The summed E-state index contributed by atoms with van der Waals surface area (Å²) in [4.78, 5) is 22.9. The number of benzene rings is 1. The van der Waals surface area contributed by atoms with Crippen molar-refractivity contribution in [3.8, 4) is 0 Å². The van der Waals surface area contributed by atoms with Gasteiger partial charge in [0.25, 0.3) is 0 Å². The predicted molar refractivity (Wildman–Crippen MR) is 144 cm³/mol. The number of aliphatic hydroxyl groups is 2. The predicted octanol–water partition coefficient (Wildman–Crippen LogP) is 2.35. The Balaban J connectivity index is 1.37. The Morgan fingerprint density at radius 2 is 2.10 bits per heavy atom. The minimum atomic E-state index is -4.12. The Bertz CT molecular complexity index is 1480. The summed E-state index contributed by atoms with van der Waals surface area (Å²) in [5.41, 5.74) is 2.94. The normalized spacial score (nSPS) is 23.0. The average molecular weight is 595 g/mol. The summed E-state index contributed by atoms with van der Waals surface area (Å²) in [7, 11) is -4.12. The number of nitrogens with one attached hydrogen (secondary N) is 1. The Kier molecular flexibility index (Phi) is 8.31. The summed E-state index contributed by atoms with van der Waals surface area (Å²) in [6, 6.07) is 7.09. The van der Waals surface area contributed by atoms with Gasteiger partial charge in [-0.15, -0.1) is 11.3 Å². The molecule has 2 aliphatic rings. The van der Waals surface area contributed by atoms with Crippen molar-refractivity contribution < 1.29 is 32.3 Å². The van der Waals surface area contributed by atoms with Gasteiger partial charge in [0.1, 0.15) is 18.2 Å². The van der Waals surface area contributed by atoms with Crippen molar-refractivity contribution in [2.75, 3.05) is 18.5 Å². The largest absolute Gasteiger partial charge is 0.393 e. The molecule has 3 heterocycles. The molecule has 208 valence electrons. The first-order valence-electron chi connectivity index (χ1n) is 12.2. The van der Waals surface area contributed by atoms with E-state index in [2.05, 4.69) is 19.5 Å². The summed E-state index contributed by atoms with van der Waals surface area (Å²) in [6.45, 7) is -0.00498. The fraction of sp³-hybridized carbons (Fsp3) is 0.400. The van der Waals surface area contributed by atoms with E-state index < -0.39 is 28.4 Å². The van der Waals surface area contributed by atoms with E-state index in [0.29, 0.717) is 39.8 Å². The summed E-state index contributed by atoms with van der Waals surface area (Å²) in [6.07, 6.45) is 2.87. The van der Waals surface area contributed by atoms with Crippen LogP contribution in [0.5, 0.6) is 0 Å². The van der Waals surface area contributed by atoms with Crippen LogP contribution < -0.4 is 10.5 Å². The van der Waals surface area contributed by atoms with Crippen LogP contribution in [0.3, 0.4) is 0 Å². The van der Waals surface area contributed by atoms with Gasteiger partial charge in [0, 0.05) is 33.6 Å². The average Bonchev–Trinajstić information content (AvgIpc) is 3.49. The number of thiophene rings is 1. The minimum Gasteiger partial charge on any atom is -0.393 e. The topological polar surface area (TPSA) is 174 Å². The fourth-order valence-corrected chi connectivity index (χ4v) is 6.64. The molecular weight excluding hydrogens is 568 g/mol. The first kappa shape index (κ1) is 28.1. The third-order valence-corrected chi connectivity index (χ3v) is 8.77. The number of aliphatic hydroxyl groups excluding tert-OH is 2. The summed E-state index contributed by atoms with van der Waals surface area (Å²) in [5, 5.41) is 29.1. The standard InChI is InChI=1S/C25H27ClN4O7S2/c26-15-2-1-13-3-4-36-24(17(13)6-15)18-8-21(38-22(18)10-31)23(33)19-9-28-12-29-25(19)30-16-5-14(20(32)7-16)11-37-39(27,34)35/h1-2,6,8-9,12,14,16,20,24,31-32H,3-5,7,10-11H2,(H2,27,34,35)(H,28,29,30)/t14?,16-,20+,24?/m1/s1. The molecule has 0 saturated heterocycles. The van der Waals surface area contributed by atoms with Crippen LogP contribution in [0, 0.1) is 5.92 Å². The third kappa shape index (κ3) is 6.31. The molecule has 14 heteroatoms. The quantitative estimate of drug-likeness (QED) is 0.269. The molecule has 1 aliphatic carbocycles. The number of fused-ring (bicyclic) bond motifs is 1. The van der Waals surface area contributed by atoms with Gasteiger partial charge in [-0.2, -0.15) is 8.42 Å². The lowest BCUT2D eigenvalue weighted by Crippen LogP contribution is -2.24. The number of carbonyl (C=O) groups excluding carboxylic acids is 1. The lowest BCUT2D eigenvalue weighted by molar-refractivity contribution is 0.0688. The number of carbonyl (C=O) groups is 1. The molecule has 1 aromatic carbocycles. The second kappa shape index (κ2) is 11.6. The van der Waals surface area contributed by atoms with Crippen molar-refractivity contribution in [3.05, 3.63) is 73.8 Å².